The molecule has 2 aliphatic rings. The second kappa shape index (κ2) is 9.93. The van der Waals surface area contributed by atoms with E-state index in [-0.39, 0.29) is 30.5 Å². The zero-order valence-corrected chi connectivity index (χ0v) is 19.8. The van der Waals surface area contributed by atoms with E-state index in [1.54, 1.807) is 0 Å². The molecule has 39 heavy (non-hydrogen) atoms. The Morgan fingerprint density at radius 3 is 2.49 bits per heavy atom. The fourth-order valence-electron chi connectivity index (χ4n) is 4.23. The van der Waals surface area contributed by atoms with Crippen LogP contribution in [0.5, 0.6) is 5.75 Å². The van der Waals surface area contributed by atoms with E-state index in [1.165, 1.54) is 18.2 Å². The van der Waals surface area contributed by atoms with Crippen molar-refractivity contribution in [1.29, 1.82) is 0 Å². The number of nitrogens with zero attached hydrogens (tertiary/aromatic N) is 1. The van der Waals surface area contributed by atoms with Gasteiger partial charge in [-0.3, -0.25) is 24.5 Å². The van der Waals surface area contributed by atoms with Crippen molar-refractivity contribution in [2.45, 2.75) is 43.5 Å². The molecule has 8 nitrogen and oxygen atoms in total. The summed E-state index contributed by atoms with van der Waals surface area (Å²) in [7, 11) is 6.15. The highest BCUT2D eigenvalue weighted by atomic mass is 19.4. The maximum atomic E-state index is 14.9. The minimum Gasteiger partial charge on any atom is -0.483 e. The van der Waals surface area contributed by atoms with Gasteiger partial charge in [-0.1, -0.05) is 12.1 Å². The van der Waals surface area contributed by atoms with Gasteiger partial charge in [0.2, 0.25) is 11.8 Å². The summed E-state index contributed by atoms with van der Waals surface area (Å²) >= 11 is 0. The van der Waals surface area contributed by atoms with Gasteiger partial charge in [0.15, 0.2) is 6.61 Å². The van der Waals surface area contributed by atoms with Crippen LogP contribution >= 0.6 is 0 Å². The van der Waals surface area contributed by atoms with Crippen molar-refractivity contribution in [3.8, 4) is 5.75 Å². The molecule has 2 N–H and O–H groups in total. The van der Waals surface area contributed by atoms with Gasteiger partial charge in [-0.2, -0.15) is 22.0 Å². The zero-order chi connectivity index (χ0) is 28.8. The minimum atomic E-state index is -4.90. The lowest BCUT2D eigenvalue weighted by molar-refractivity contribution is -0.155. The van der Waals surface area contributed by atoms with E-state index in [1.807, 2.05) is 5.32 Å². The number of imide groups is 1. The largest absolute Gasteiger partial charge is 0.483 e. The summed E-state index contributed by atoms with van der Waals surface area (Å²) in [6.07, 6.45) is -5.08. The monoisotopic (exact) mass is 553 g/mol. The van der Waals surface area contributed by atoms with E-state index in [0.717, 1.165) is 4.90 Å². The van der Waals surface area contributed by atoms with Gasteiger partial charge in [-0.15, -0.1) is 0 Å². The minimum absolute atomic E-state index is 0.0785. The van der Waals surface area contributed by atoms with Crippen LogP contribution in [0.3, 0.4) is 0 Å². The molecule has 2 heterocycles. The molecule has 0 aliphatic carbocycles. The van der Waals surface area contributed by atoms with Crippen LogP contribution in [-0.4, -0.2) is 54.6 Å². The van der Waals surface area contributed by atoms with Gasteiger partial charge in [-0.25, -0.2) is 4.39 Å². The first kappa shape index (κ1) is 28.0. The smallest absolute Gasteiger partial charge is 0.422 e. The molecule has 2 aromatic rings. The Labute approximate surface area is 218 Å². The molecule has 0 bridgehead atoms. The fraction of sp³-hybridized carbons (Fsp3) is 0.333. The number of halogens is 6. The second-order valence-corrected chi connectivity index (χ2v) is 8.99. The first-order valence-corrected chi connectivity index (χ1v) is 11.3. The molecule has 15 heteroatoms. The van der Waals surface area contributed by atoms with Gasteiger partial charge in [0.1, 0.15) is 19.4 Å². The first-order valence-electron chi connectivity index (χ1n) is 11.3. The molecule has 0 aromatic heterocycles. The predicted molar refractivity (Wildman–Crippen MR) is 121 cm³/mol. The molecule has 1 atom stereocenters. The highest BCUT2D eigenvalue weighted by molar-refractivity contribution is 6.32. The van der Waals surface area contributed by atoms with Crippen molar-refractivity contribution in [3.63, 3.8) is 0 Å². The van der Waals surface area contributed by atoms with Crippen LogP contribution in [0.1, 0.15) is 39.9 Å². The maximum absolute atomic E-state index is 14.9. The van der Waals surface area contributed by atoms with Gasteiger partial charge in [0.05, 0.1) is 11.0 Å². The Morgan fingerprint density at radius 2 is 1.82 bits per heavy atom. The average molecular weight is 553 g/mol. The van der Waals surface area contributed by atoms with Gasteiger partial charge < -0.3 is 15.0 Å². The van der Waals surface area contributed by atoms with Crippen molar-refractivity contribution >= 4 is 31.5 Å². The van der Waals surface area contributed by atoms with Gasteiger partial charge in [-0.05, 0) is 35.7 Å². The Hall–Kier alpha value is -4.04. The molecule has 204 valence electrons. The van der Waals surface area contributed by atoms with Gasteiger partial charge >= 0.3 is 12.1 Å². The number of ether oxygens (including phenoxy) is 1. The summed E-state index contributed by atoms with van der Waals surface area (Å²) in [5.41, 5.74) is -2.20. The molecule has 1 saturated heterocycles. The Bertz CT molecular complexity index is 1370. The van der Waals surface area contributed by atoms with Gasteiger partial charge in [0.25, 0.3) is 11.8 Å². The standard InChI is InChI=1S/C24H18BF6N3O5/c25-22(6-5-18(35)33-20(22)37)34-10-13-7-12(1-3-15(13)19(34)36)9-32-21(38)24(30,31)16-4-2-14(26)8-17(16)39-11-23(27,28)29/h1-4,7-8H,5-6,9-11H2,(H,32,38)(H,33,35,37)/t22-/m0/s1. The Morgan fingerprint density at radius 1 is 1.10 bits per heavy atom. The fourth-order valence-corrected chi connectivity index (χ4v) is 4.23. The van der Waals surface area contributed by atoms with E-state index in [9.17, 15) is 45.5 Å². The number of hydrogen-bond donors (Lipinski definition) is 2. The van der Waals surface area contributed by atoms with E-state index < -0.39 is 71.4 Å². The number of carbonyl (C=O) groups excluding carboxylic acids is 4. The van der Waals surface area contributed by atoms with E-state index >= 15 is 0 Å². The number of fused-ring (bicyclic) bond motifs is 1. The quantitative estimate of drug-likeness (QED) is 0.312. The van der Waals surface area contributed by atoms with Crippen LogP contribution < -0.4 is 15.4 Å². The van der Waals surface area contributed by atoms with Crippen LogP contribution in [0.4, 0.5) is 26.3 Å². The van der Waals surface area contributed by atoms with Crippen LogP contribution in [0.15, 0.2) is 36.4 Å². The number of rotatable bonds is 7. The molecule has 0 saturated carbocycles. The molecule has 0 unspecified atom stereocenters. The molecular formula is C24H18BF6N3O5. The highest BCUT2D eigenvalue weighted by Gasteiger charge is 2.48. The lowest BCUT2D eigenvalue weighted by Gasteiger charge is -2.40. The van der Waals surface area contributed by atoms with Crippen LogP contribution in [-0.2, 0) is 33.4 Å². The summed E-state index contributed by atoms with van der Waals surface area (Å²) in [4.78, 5) is 50.1. The summed E-state index contributed by atoms with van der Waals surface area (Å²) in [5, 5.41) is 4.05. The Balaban J connectivity index is 1.47. The third-order valence-electron chi connectivity index (χ3n) is 6.25. The number of nitrogens with one attached hydrogen (secondary N) is 2. The molecule has 2 aromatic carbocycles. The maximum Gasteiger partial charge on any atom is 0.422 e. The molecule has 0 spiro atoms. The van der Waals surface area contributed by atoms with Crippen molar-refractivity contribution < 1.29 is 50.3 Å². The number of hydrogen-bond acceptors (Lipinski definition) is 5. The molecule has 2 aliphatic heterocycles. The van der Waals surface area contributed by atoms with Crippen LogP contribution in [0.25, 0.3) is 0 Å². The summed E-state index contributed by atoms with van der Waals surface area (Å²) in [6.45, 7) is -2.58. The van der Waals surface area contributed by atoms with E-state index in [2.05, 4.69) is 10.1 Å². The Kier molecular flexibility index (Phi) is 7.13. The number of carbonyl (C=O) groups is 4. The lowest BCUT2D eigenvalue weighted by atomic mass is 9.70. The average Bonchev–Trinajstić information content (AvgIpc) is 3.19. The molecule has 4 amide bonds. The van der Waals surface area contributed by atoms with E-state index in [0.29, 0.717) is 23.8 Å². The normalized spacial score (nSPS) is 19.5. The zero-order valence-electron chi connectivity index (χ0n) is 19.8. The molecule has 4 rings (SSSR count). The number of benzene rings is 2. The summed E-state index contributed by atoms with van der Waals surface area (Å²) in [5.74, 6) is -10.5. The highest BCUT2D eigenvalue weighted by Crippen LogP contribution is 2.37. The van der Waals surface area contributed by atoms with E-state index in [4.69, 9.17) is 7.85 Å². The van der Waals surface area contributed by atoms with Crippen molar-refractivity contribution in [3.05, 3.63) is 64.5 Å². The number of alkyl halides is 5. The SMILES string of the molecule is [B][C@]1(N2Cc3cc(CNC(=O)C(F)(F)c4ccc(F)cc4OCC(F)(F)F)ccc3C2=O)CCC(=O)NC1=O. The molecule has 2 radical (unpaired) electrons. The van der Waals surface area contributed by atoms with Crippen molar-refractivity contribution in [1.82, 2.24) is 15.5 Å². The third-order valence-corrected chi connectivity index (χ3v) is 6.25. The molecular weight excluding hydrogens is 535 g/mol. The first-order chi connectivity index (χ1) is 18.1. The van der Waals surface area contributed by atoms with Crippen molar-refractivity contribution in [2.75, 3.05) is 6.61 Å². The topological polar surface area (TPSA) is 105 Å². The lowest BCUT2D eigenvalue weighted by Crippen LogP contribution is -2.63. The van der Waals surface area contributed by atoms with Crippen LogP contribution in [0.2, 0.25) is 0 Å². The third kappa shape index (κ3) is 5.57. The number of amides is 4. The van der Waals surface area contributed by atoms with Crippen LogP contribution in [0, 0.1) is 5.82 Å². The number of piperidine rings is 1. The molecule has 1 fully saturated rings. The van der Waals surface area contributed by atoms with Gasteiger partial charge in [0, 0.05) is 31.1 Å². The van der Waals surface area contributed by atoms with Crippen molar-refractivity contribution in [2.24, 2.45) is 0 Å². The predicted octanol–water partition coefficient (Wildman–Crippen LogP) is 2.43. The second-order valence-electron chi connectivity index (χ2n) is 8.99. The summed E-state index contributed by atoms with van der Waals surface area (Å²) in [6, 6.07) is 5.47. The summed E-state index contributed by atoms with van der Waals surface area (Å²) < 4.78 is 85.0.